The second-order valence-corrected chi connectivity index (χ2v) is 5.65. The molecule has 1 aromatic rings. The first-order chi connectivity index (χ1) is 7.32. The van der Waals surface area contributed by atoms with Gasteiger partial charge in [-0.25, -0.2) is 0 Å². The Labute approximate surface area is 102 Å². The molecule has 0 aliphatic rings. The molecule has 2 nitrogen and oxygen atoms in total. The Morgan fingerprint density at radius 2 is 1.88 bits per heavy atom. The molecule has 0 aliphatic heterocycles. The van der Waals surface area contributed by atoms with Crippen molar-refractivity contribution in [2.75, 3.05) is 0 Å². The zero-order chi connectivity index (χ0) is 12.3. The molecule has 0 spiro atoms. The summed E-state index contributed by atoms with van der Waals surface area (Å²) in [4.78, 5) is 0. The van der Waals surface area contributed by atoms with E-state index in [1.54, 1.807) is 6.07 Å². The first-order valence-corrected chi connectivity index (χ1v) is 5.88. The van der Waals surface area contributed by atoms with E-state index in [4.69, 9.17) is 17.3 Å². The van der Waals surface area contributed by atoms with Crippen LogP contribution in [0.1, 0.15) is 38.9 Å². The summed E-state index contributed by atoms with van der Waals surface area (Å²) in [5.41, 5.74) is 6.78. The number of halogens is 1. The summed E-state index contributed by atoms with van der Waals surface area (Å²) < 4.78 is 0. The Morgan fingerprint density at radius 1 is 1.31 bits per heavy atom. The third kappa shape index (κ3) is 3.48. The van der Waals surface area contributed by atoms with E-state index < -0.39 is 6.10 Å². The van der Waals surface area contributed by atoms with Crippen LogP contribution in [0.3, 0.4) is 0 Å². The molecule has 2 atom stereocenters. The fraction of sp³-hybridized carbons (Fsp3) is 0.538. The van der Waals surface area contributed by atoms with Crippen molar-refractivity contribution in [1.29, 1.82) is 0 Å². The van der Waals surface area contributed by atoms with Crippen molar-refractivity contribution in [3.8, 4) is 0 Å². The topological polar surface area (TPSA) is 46.2 Å². The summed E-state index contributed by atoms with van der Waals surface area (Å²) in [5.74, 6) is 0. The van der Waals surface area contributed by atoms with Crippen molar-refractivity contribution in [2.45, 2.75) is 39.3 Å². The maximum atomic E-state index is 10.1. The Balaban J connectivity index is 2.73. The molecule has 0 radical (unpaired) electrons. The normalized spacial score (nSPS) is 15.9. The molecule has 0 amide bonds. The van der Waals surface area contributed by atoms with Crippen molar-refractivity contribution in [1.82, 2.24) is 0 Å². The average Bonchev–Trinajstić information content (AvgIpc) is 2.16. The minimum absolute atomic E-state index is 0.0117. The van der Waals surface area contributed by atoms with E-state index in [9.17, 15) is 5.11 Å². The van der Waals surface area contributed by atoms with Gasteiger partial charge in [-0.1, -0.05) is 50.6 Å². The maximum Gasteiger partial charge on any atom is 0.0819 e. The number of aliphatic hydroxyl groups excluding tert-OH is 1. The molecule has 90 valence electrons. The molecule has 0 saturated heterocycles. The predicted molar refractivity (Wildman–Crippen MR) is 68.5 cm³/mol. The Hall–Kier alpha value is -0.570. The number of hydrogen-bond donors (Lipinski definition) is 2. The van der Waals surface area contributed by atoms with Crippen LogP contribution in [0, 0.1) is 5.41 Å². The summed E-state index contributed by atoms with van der Waals surface area (Å²) in [5, 5.41) is 10.7. The van der Waals surface area contributed by atoms with Gasteiger partial charge in [0.2, 0.25) is 0 Å². The van der Waals surface area contributed by atoms with Gasteiger partial charge in [0.1, 0.15) is 0 Å². The van der Waals surface area contributed by atoms with Crippen LogP contribution >= 0.6 is 11.6 Å². The van der Waals surface area contributed by atoms with Crippen LogP contribution in [-0.2, 0) is 0 Å². The van der Waals surface area contributed by atoms with Crippen LogP contribution in [0.15, 0.2) is 24.3 Å². The first kappa shape index (κ1) is 13.5. The Bertz CT molecular complexity index is 346. The lowest BCUT2D eigenvalue weighted by Gasteiger charge is -2.29. The second-order valence-electron chi connectivity index (χ2n) is 5.25. The SMILES string of the molecule is CC(C)(C)[C@H](N)C[C@H](O)c1ccccc1Cl. The molecule has 16 heavy (non-hydrogen) atoms. The lowest BCUT2D eigenvalue weighted by Crippen LogP contribution is -2.36. The van der Waals surface area contributed by atoms with Gasteiger partial charge in [-0.15, -0.1) is 0 Å². The van der Waals surface area contributed by atoms with Crippen LogP contribution in [0.4, 0.5) is 0 Å². The van der Waals surface area contributed by atoms with E-state index in [1.807, 2.05) is 18.2 Å². The van der Waals surface area contributed by atoms with Crippen molar-refractivity contribution >= 4 is 11.6 Å². The van der Waals surface area contributed by atoms with E-state index >= 15 is 0 Å². The molecule has 1 rings (SSSR count). The van der Waals surface area contributed by atoms with Crippen molar-refractivity contribution in [3.05, 3.63) is 34.9 Å². The molecule has 0 bridgehead atoms. The van der Waals surface area contributed by atoms with Gasteiger partial charge in [0, 0.05) is 11.1 Å². The van der Waals surface area contributed by atoms with E-state index in [1.165, 1.54) is 0 Å². The van der Waals surface area contributed by atoms with E-state index in [0.29, 0.717) is 11.4 Å². The van der Waals surface area contributed by atoms with Crippen LogP contribution in [0.2, 0.25) is 5.02 Å². The fourth-order valence-corrected chi connectivity index (χ4v) is 1.73. The van der Waals surface area contributed by atoms with Crippen LogP contribution in [0.25, 0.3) is 0 Å². The molecule has 0 aromatic heterocycles. The van der Waals surface area contributed by atoms with Gasteiger partial charge in [-0.05, 0) is 23.5 Å². The van der Waals surface area contributed by atoms with Gasteiger partial charge in [0.05, 0.1) is 6.10 Å². The zero-order valence-corrected chi connectivity index (χ0v) is 10.8. The lowest BCUT2D eigenvalue weighted by atomic mass is 9.83. The van der Waals surface area contributed by atoms with Gasteiger partial charge in [0.25, 0.3) is 0 Å². The smallest absolute Gasteiger partial charge is 0.0819 e. The summed E-state index contributed by atoms with van der Waals surface area (Å²) in [7, 11) is 0. The summed E-state index contributed by atoms with van der Waals surface area (Å²) in [6, 6.07) is 7.28. The van der Waals surface area contributed by atoms with Crippen LogP contribution < -0.4 is 5.73 Å². The van der Waals surface area contributed by atoms with Gasteiger partial charge >= 0.3 is 0 Å². The minimum Gasteiger partial charge on any atom is -0.388 e. The van der Waals surface area contributed by atoms with Gasteiger partial charge in [0.15, 0.2) is 0 Å². The Morgan fingerprint density at radius 3 is 2.38 bits per heavy atom. The van der Waals surface area contributed by atoms with Gasteiger partial charge in [-0.2, -0.15) is 0 Å². The molecule has 3 N–H and O–H groups in total. The van der Waals surface area contributed by atoms with Crippen molar-refractivity contribution in [2.24, 2.45) is 11.1 Å². The molecule has 0 saturated carbocycles. The van der Waals surface area contributed by atoms with Gasteiger partial charge in [-0.3, -0.25) is 0 Å². The van der Waals surface area contributed by atoms with E-state index in [2.05, 4.69) is 20.8 Å². The molecule has 1 aromatic carbocycles. The summed E-state index contributed by atoms with van der Waals surface area (Å²) in [6.07, 6.45) is -0.0734. The quantitative estimate of drug-likeness (QED) is 0.854. The average molecular weight is 242 g/mol. The highest BCUT2D eigenvalue weighted by molar-refractivity contribution is 6.31. The molecule has 0 aliphatic carbocycles. The van der Waals surface area contributed by atoms with Crippen LogP contribution in [0.5, 0.6) is 0 Å². The summed E-state index contributed by atoms with van der Waals surface area (Å²) >= 11 is 6.02. The number of rotatable bonds is 3. The number of nitrogens with two attached hydrogens (primary N) is 1. The third-order valence-electron chi connectivity index (χ3n) is 2.85. The largest absolute Gasteiger partial charge is 0.388 e. The predicted octanol–water partition coefficient (Wildman–Crippen LogP) is 3.14. The monoisotopic (exact) mass is 241 g/mol. The van der Waals surface area contributed by atoms with Crippen LogP contribution in [-0.4, -0.2) is 11.1 Å². The van der Waals surface area contributed by atoms with E-state index in [-0.39, 0.29) is 11.5 Å². The zero-order valence-electron chi connectivity index (χ0n) is 10.1. The molecule has 0 fully saturated rings. The Kier molecular flexibility index (Phi) is 4.36. The number of hydrogen-bond acceptors (Lipinski definition) is 2. The molecular weight excluding hydrogens is 222 g/mol. The lowest BCUT2D eigenvalue weighted by molar-refractivity contribution is 0.133. The highest BCUT2D eigenvalue weighted by Crippen LogP contribution is 2.29. The van der Waals surface area contributed by atoms with Crippen molar-refractivity contribution in [3.63, 3.8) is 0 Å². The van der Waals surface area contributed by atoms with Crippen molar-refractivity contribution < 1.29 is 5.11 Å². The van der Waals surface area contributed by atoms with E-state index in [0.717, 1.165) is 5.56 Å². The first-order valence-electron chi connectivity index (χ1n) is 5.50. The molecule has 0 heterocycles. The molecule has 3 heteroatoms. The minimum atomic E-state index is -0.595. The maximum absolute atomic E-state index is 10.1. The highest BCUT2D eigenvalue weighted by atomic mass is 35.5. The number of aliphatic hydroxyl groups is 1. The molecule has 0 unspecified atom stereocenters. The fourth-order valence-electron chi connectivity index (χ4n) is 1.47. The highest BCUT2D eigenvalue weighted by Gasteiger charge is 2.24. The third-order valence-corrected chi connectivity index (χ3v) is 3.20. The summed E-state index contributed by atoms with van der Waals surface area (Å²) in [6.45, 7) is 6.20. The van der Waals surface area contributed by atoms with Gasteiger partial charge < -0.3 is 10.8 Å². The molecular formula is C13H20ClNO. The number of benzene rings is 1. The second kappa shape index (κ2) is 5.17. The standard InChI is InChI=1S/C13H20ClNO/c1-13(2,3)12(15)8-11(16)9-6-4-5-7-10(9)14/h4-7,11-12,16H,8,15H2,1-3H3/t11-,12+/m0/s1.